The molecule has 2 rings (SSSR count). The minimum atomic E-state index is -0.518. The van der Waals surface area contributed by atoms with Crippen LogP contribution in [0.1, 0.15) is 30.9 Å². The van der Waals surface area contributed by atoms with Crippen LogP contribution in [0.2, 0.25) is 0 Å². The third-order valence-electron chi connectivity index (χ3n) is 2.78. The molecule has 1 atom stereocenters. The van der Waals surface area contributed by atoms with Crippen LogP contribution in [0.15, 0.2) is 36.6 Å². The van der Waals surface area contributed by atoms with E-state index >= 15 is 0 Å². The molecule has 0 saturated carbocycles. The normalized spacial score (nSPS) is 23.6. The van der Waals surface area contributed by atoms with Crippen LogP contribution >= 0.6 is 0 Å². The Morgan fingerprint density at radius 1 is 1.19 bits per heavy atom. The van der Waals surface area contributed by atoms with Crippen LogP contribution in [-0.4, -0.2) is 12.4 Å². The van der Waals surface area contributed by atoms with Crippen LogP contribution in [0.5, 0.6) is 0 Å². The van der Waals surface area contributed by atoms with Gasteiger partial charge in [-0.05, 0) is 18.6 Å². The second-order valence-electron chi connectivity index (χ2n) is 4.67. The number of rotatable bonds is 1. The lowest BCUT2D eigenvalue weighted by Crippen LogP contribution is -2.26. The molecular weight excluding hydrogens is 200 g/mol. The van der Waals surface area contributed by atoms with Crippen LogP contribution in [-0.2, 0) is 9.47 Å². The molecule has 1 aromatic rings. The van der Waals surface area contributed by atoms with Gasteiger partial charge in [0.15, 0.2) is 0 Å². The smallest absolute Gasteiger partial charge is 0.203 e. The molecule has 0 radical (unpaired) electrons. The molecule has 1 aliphatic rings. The maximum Gasteiger partial charge on any atom is 0.203 e. The molecule has 16 heavy (non-hydrogen) atoms. The lowest BCUT2D eigenvalue weighted by molar-refractivity contribution is -0.176. The molecule has 0 N–H and O–H groups in total. The summed E-state index contributed by atoms with van der Waals surface area (Å²) in [5.41, 5.74) is 2.54. The summed E-state index contributed by atoms with van der Waals surface area (Å²) in [5, 5.41) is 0. The van der Waals surface area contributed by atoms with Crippen LogP contribution in [0.25, 0.3) is 0 Å². The van der Waals surface area contributed by atoms with Crippen LogP contribution in [0.3, 0.4) is 0 Å². The van der Waals surface area contributed by atoms with Gasteiger partial charge in [-0.3, -0.25) is 0 Å². The minimum absolute atomic E-state index is 0.280. The van der Waals surface area contributed by atoms with Gasteiger partial charge in [0.25, 0.3) is 0 Å². The highest BCUT2D eigenvalue weighted by Gasteiger charge is 2.23. The lowest BCUT2D eigenvalue weighted by Gasteiger charge is -2.23. The highest BCUT2D eigenvalue weighted by atomic mass is 16.7. The molecule has 1 aliphatic heterocycles. The minimum Gasteiger partial charge on any atom is -0.471 e. The Kier molecular flexibility index (Phi) is 3.01. The first-order valence-corrected chi connectivity index (χ1v) is 5.62. The average Bonchev–Trinajstić information content (AvgIpc) is 2.41. The lowest BCUT2D eigenvalue weighted by atomic mass is 9.99. The van der Waals surface area contributed by atoms with Crippen molar-refractivity contribution in [3.8, 4) is 0 Å². The Bertz CT molecular complexity index is 376. The van der Waals surface area contributed by atoms with Crippen LogP contribution in [0, 0.1) is 6.92 Å². The fraction of sp³-hybridized carbons (Fsp3) is 0.429. The predicted molar refractivity (Wildman–Crippen MR) is 64.2 cm³/mol. The Labute approximate surface area is 96.9 Å². The van der Waals surface area contributed by atoms with E-state index in [1.54, 1.807) is 6.26 Å². The third kappa shape index (κ3) is 2.64. The van der Waals surface area contributed by atoms with Gasteiger partial charge in [0, 0.05) is 19.8 Å². The van der Waals surface area contributed by atoms with Gasteiger partial charge in [0.05, 0.1) is 12.9 Å². The van der Waals surface area contributed by atoms with Gasteiger partial charge in [-0.2, -0.15) is 0 Å². The first-order chi connectivity index (χ1) is 7.57. The molecule has 0 amide bonds. The fourth-order valence-corrected chi connectivity index (χ4v) is 1.70. The highest BCUT2D eigenvalue weighted by molar-refractivity contribution is 5.27. The van der Waals surface area contributed by atoms with Crippen molar-refractivity contribution in [2.45, 2.75) is 32.5 Å². The second kappa shape index (κ2) is 4.30. The first-order valence-electron chi connectivity index (χ1n) is 5.62. The topological polar surface area (TPSA) is 18.5 Å². The molecule has 0 aromatic heterocycles. The second-order valence-corrected chi connectivity index (χ2v) is 4.67. The van der Waals surface area contributed by atoms with E-state index in [0.29, 0.717) is 6.61 Å². The van der Waals surface area contributed by atoms with Gasteiger partial charge in [0.1, 0.15) is 0 Å². The van der Waals surface area contributed by atoms with E-state index in [-0.39, 0.29) is 5.92 Å². The van der Waals surface area contributed by atoms with Crippen molar-refractivity contribution < 1.29 is 9.47 Å². The largest absolute Gasteiger partial charge is 0.471 e. The molecule has 0 fully saturated rings. The maximum absolute atomic E-state index is 5.70. The van der Waals surface area contributed by atoms with Crippen LogP contribution < -0.4 is 0 Å². The number of ether oxygens (including phenoxy) is 2. The number of benzene rings is 1. The van der Waals surface area contributed by atoms with Crippen molar-refractivity contribution in [2.75, 3.05) is 6.61 Å². The van der Waals surface area contributed by atoms with Crippen molar-refractivity contribution in [3.05, 3.63) is 47.7 Å². The van der Waals surface area contributed by atoms with Gasteiger partial charge in [-0.1, -0.05) is 29.8 Å². The monoisotopic (exact) mass is 218 g/mol. The van der Waals surface area contributed by atoms with Crippen molar-refractivity contribution >= 4 is 0 Å². The molecule has 2 heteroatoms. The number of aryl methyl sites for hydroxylation is 1. The molecule has 0 saturated heterocycles. The van der Waals surface area contributed by atoms with Gasteiger partial charge in [0.2, 0.25) is 5.79 Å². The van der Waals surface area contributed by atoms with E-state index < -0.39 is 5.79 Å². The van der Waals surface area contributed by atoms with Gasteiger partial charge >= 0.3 is 0 Å². The predicted octanol–water partition coefficient (Wildman–Crippen LogP) is 3.38. The quantitative estimate of drug-likeness (QED) is 0.719. The van der Waals surface area contributed by atoms with E-state index in [1.165, 1.54) is 11.1 Å². The maximum atomic E-state index is 5.70. The number of hydrogen-bond acceptors (Lipinski definition) is 2. The fourth-order valence-electron chi connectivity index (χ4n) is 1.70. The highest BCUT2D eigenvalue weighted by Crippen LogP contribution is 2.25. The molecule has 0 aliphatic carbocycles. The molecular formula is C14H18O2. The summed E-state index contributed by atoms with van der Waals surface area (Å²) in [7, 11) is 0. The summed E-state index contributed by atoms with van der Waals surface area (Å²) in [5.74, 6) is -0.238. The summed E-state index contributed by atoms with van der Waals surface area (Å²) in [6.45, 7) is 6.60. The molecule has 86 valence electrons. The standard InChI is InChI=1S/C14H18O2/c1-11-4-6-12(7-5-11)13-8-9-15-14(2,3)16-10-13/h4-9,13H,10H2,1-3H3. The van der Waals surface area contributed by atoms with Gasteiger partial charge < -0.3 is 9.47 Å². The van der Waals surface area contributed by atoms with E-state index in [1.807, 2.05) is 13.8 Å². The van der Waals surface area contributed by atoms with Crippen LogP contribution in [0.4, 0.5) is 0 Å². The molecule has 0 spiro atoms. The zero-order valence-corrected chi connectivity index (χ0v) is 10.1. The van der Waals surface area contributed by atoms with E-state index in [9.17, 15) is 0 Å². The summed E-state index contributed by atoms with van der Waals surface area (Å²) in [6.07, 6.45) is 3.80. The Balaban J connectivity index is 2.14. The Morgan fingerprint density at radius 2 is 1.88 bits per heavy atom. The zero-order chi connectivity index (χ0) is 11.6. The van der Waals surface area contributed by atoms with Gasteiger partial charge in [-0.25, -0.2) is 0 Å². The summed E-state index contributed by atoms with van der Waals surface area (Å²) in [4.78, 5) is 0. The van der Waals surface area contributed by atoms with E-state index in [2.05, 4.69) is 37.3 Å². The summed E-state index contributed by atoms with van der Waals surface area (Å²) in [6, 6.07) is 8.54. The third-order valence-corrected chi connectivity index (χ3v) is 2.78. The average molecular weight is 218 g/mol. The SMILES string of the molecule is Cc1ccc(C2C=COC(C)(C)OC2)cc1. The molecule has 1 heterocycles. The summed E-state index contributed by atoms with van der Waals surface area (Å²) >= 11 is 0. The molecule has 1 unspecified atom stereocenters. The number of hydrogen-bond donors (Lipinski definition) is 0. The summed E-state index contributed by atoms with van der Waals surface area (Å²) < 4.78 is 11.2. The Morgan fingerprint density at radius 3 is 2.56 bits per heavy atom. The van der Waals surface area contributed by atoms with Crippen molar-refractivity contribution in [1.82, 2.24) is 0 Å². The zero-order valence-electron chi connectivity index (χ0n) is 10.1. The first kappa shape index (κ1) is 11.2. The van der Waals surface area contributed by atoms with E-state index in [4.69, 9.17) is 9.47 Å². The van der Waals surface area contributed by atoms with Crippen molar-refractivity contribution in [2.24, 2.45) is 0 Å². The van der Waals surface area contributed by atoms with E-state index in [0.717, 1.165) is 0 Å². The van der Waals surface area contributed by atoms with Crippen molar-refractivity contribution in [1.29, 1.82) is 0 Å². The Hall–Kier alpha value is -1.28. The molecule has 0 bridgehead atoms. The molecule has 2 nitrogen and oxygen atoms in total. The van der Waals surface area contributed by atoms with Gasteiger partial charge in [-0.15, -0.1) is 0 Å². The molecule has 1 aromatic carbocycles. The van der Waals surface area contributed by atoms with Crippen molar-refractivity contribution in [3.63, 3.8) is 0 Å².